The Hall–Kier alpha value is -3.15. The highest BCUT2D eigenvalue weighted by atomic mass is 16.5. The highest BCUT2D eigenvalue weighted by Crippen LogP contribution is 2.35. The number of benzene rings is 2. The molecule has 1 heterocycles. The molecule has 1 atom stereocenters. The Balaban J connectivity index is 1.99. The third kappa shape index (κ3) is 3.31. The number of hydrogen-bond acceptors (Lipinski definition) is 5. The van der Waals surface area contributed by atoms with E-state index in [9.17, 15) is 4.79 Å². The third-order valence-electron chi connectivity index (χ3n) is 4.31. The molecular formula is C20H22N2O4. The van der Waals surface area contributed by atoms with Gasteiger partial charge in [-0.25, -0.2) is 5.01 Å². The van der Waals surface area contributed by atoms with E-state index in [-0.39, 0.29) is 11.9 Å². The minimum absolute atomic E-state index is 0.0791. The lowest BCUT2D eigenvalue weighted by atomic mass is 10.0. The van der Waals surface area contributed by atoms with Gasteiger partial charge in [0, 0.05) is 12.5 Å². The highest BCUT2D eigenvalue weighted by Gasteiger charge is 2.29. The summed E-state index contributed by atoms with van der Waals surface area (Å²) in [6, 6.07) is 13.1. The molecule has 2 aromatic rings. The molecule has 1 N–H and O–H groups in total. The van der Waals surface area contributed by atoms with Crippen LogP contribution in [0.1, 0.15) is 24.1 Å². The van der Waals surface area contributed by atoms with Crippen molar-refractivity contribution < 1.29 is 19.0 Å². The van der Waals surface area contributed by atoms with Crippen LogP contribution in [-0.2, 0) is 4.79 Å². The second-order valence-corrected chi connectivity index (χ2v) is 5.87. The predicted molar refractivity (Wildman–Crippen MR) is 98.9 cm³/mol. The number of carbonyl (C=O) groups excluding carboxylic acids is 1. The maximum Gasteiger partial charge on any atom is 0.238 e. The van der Waals surface area contributed by atoms with Crippen molar-refractivity contribution in [2.24, 2.45) is 0 Å². The van der Waals surface area contributed by atoms with Gasteiger partial charge in [-0.05, 0) is 42.0 Å². The highest BCUT2D eigenvalue weighted by molar-refractivity contribution is 5.79. The van der Waals surface area contributed by atoms with Crippen LogP contribution in [0.2, 0.25) is 0 Å². The standard InChI is InChI=1S/C20H22N2O4/c1-13(23)22-18(15-6-5-7-16(10-15)24-2)12-17(21-22)14-8-9-19(25-3)20(11-14)26-4/h5-12,18,21H,1-4H3/t18-/m0/s1. The van der Waals surface area contributed by atoms with E-state index < -0.39 is 0 Å². The van der Waals surface area contributed by atoms with Crippen molar-refractivity contribution in [3.63, 3.8) is 0 Å². The number of nitrogens with zero attached hydrogens (tertiary/aromatic N) is 1. The van der Waals surface area contributed by atoms with Crippen LogP contribution in [0.3, 0.4) is 0 Å². The number of ether oxygens (including phenoxy) is 3. The average molecular weight is 354 g/mol. The van der Waals surface area contributed by atoms with Gasteiger partial charge in [-0.1, -0.05) is 12.1 Å². The molecule has 2 aromatic carbocycles. The van der Waals surface area contributed by atoms with Crippen molar-refractivity contribution >= 4 is 11.6 Å². The van der Waals surface area contributed by atoms with Gasteiger partial charge in [-0.2, -0.15) is 0 Å². The Morgan fingerprint density at radius 2 is 1.77 bits per heavy atom. The number of nitrogens with one attached hydrogen (secondary N) is 1. The van der Waals surface area contributed by atoms with E-state index in [0.717, 1.165) is 22.6 Å². The molecule has 1 aliphatic rings. The SMILES string of the molecule is COc1cccc([C@@H]2C=C(c3ccc(OC)c(OC)c3)NN2C(C)=O)c1. The van der Waals surface area contributed by atoms with E-state index in [2.05, 4.69) is 5.43 Å². The van der Waals surface area contributed by atoms with E-state index in [1.807, 2.05) is 48.5 Å². The fourth-order valence-electron chi connectivity index (χ4n) is 2.98. The number of hydrogen-bond donors (Lipinski definition) is 1. The molecule has 0 fully saturated rings. The van der Waals surface area contributed by atoms with Gasteiger partial charge in [0.2, 0.25) is 5.91 Å². The average Bonchev–Trinajstić information content (AvgIpc) is 3.13. The summed E-state index contributed by atoms with van der Waals surface area (Å²) >= 11 is 0. The van der Waals surface area contributed by atoms with Gasteiger partial charge >= 0.3 is 0 Å². The van der Waals surface area contributed by atoms with Crippen LogP contribution >= 0.6 is 0 Å². The predicted octanol–water partition coefficient (Wildman–Crippen LogP) is 3.16. The lowest BCUT2D eigenvalue weighted by Gasteiger charge is -2.24. The van der Waals surface area contributed by atoms with E-state index in [4.69, 9.17) is 14.2 Å². The molecule has 0 saturated heterocycles. The van der Waals surface area contributed by atoms with Gasteiger partial charge < -0.3 is 14.2 Å². The van der Waals surface area contributed by atoms with Crippen LogP contribution in [0, 0.1) is 0 Å². The van der Waals surface area contributed by atoms with Gasteiger partial charge in [0.05, 0.1) is 33.1 Å². The van der Waals surface area contributed by atoms with E-state index in [1.165, 1.54) is 6.92 Å². The normalized spacial score (nSPS) is 15.9. The maximum atomic E-state index is 12.1. The second kappa shape index (κ2) is 7.39. The molecule has 0 radical (unpaired) electrons. The van der Waals surface area contributed by atoms with Crippen molar-refractivity contribution in [2.45, 2.75) is 13.0 Å². The number of hydrazine groups is 1. The fraction of sp³-hybridized carbons (Fsp3) is 0.250. The van der Waals surface area contributed by atoms with Crippen molar-refractivity contribution in [1.82, 2.24) is 10.4 Å². The first-order valence-electron chi connectivity index (χ1n) is 8.22. The summed E-state index contributed by atoms with van der Waals surface area (Å²) in [6.45, 7) is 1.53. The first-order valence-corrected chi connectivity index (χ1v) is 8.22. The summed E-state index contributed by atoms with van der Waals surface area (Å²) in [5.41, 5.74) is 5.88. The maximum absolute atomic E-state index is 12.1. The summed E-state index contributed by atoms with van der Waals surface area (Å²) in [7, 11) is 4.82. The molecule has 6 nitrogen and oxygen atoms in total. The van der Waals surface area contributed by atoms with E-state index in [0.29, 0.717) is 11.5 Å². The zero-order chi connectivity index (χ0) is 18.7. The Morgan fingerprint density at radius 1 is 1.00 bits per heavy atom. The quantitative estimate of drug-likeness (QED) is 0.894. The Bertz CT molecular complexity index is 847. The minimum Gasteiger partial charge on any atom is -0.497 e. The number of carbonyl (C=O) groups is 1. The number of methoxy groups -OCH3 is 3. The molecule has 0 aliphatic carbocycles. The summed E-state index contributed by atoms with van der Waals surface area (Å²) < 4.78 is 16.0. The first-order chi connectivity index (χ1) is 12.6. The van der Waals surface area contributed by atoms with Crippen molar-refractivity contribution in [1.29, 1.82) is 0 Å². The Morgan fingerprint density at radius 3 is 2.42 bits per heavy atom. The monoisotopic (exact) mass is 354 g/mol. The molecule has 0 spiro atoms. The Kier molecular flexibility index (Phi) is 5.02. The van der Waals surface area contributed by atoms with Gasteiger partial charge in [-0.3, -0.25) is 10.2 Å². The van der Waals surface area contributed by atoms with Gasteiger partial charge in [-0.15, -0.1) is 0 Å². The molecule has 1 aliphatic heterocycles. The molecule has 0 bridgehead atoms. The minimum atomic E-state index is -0.231. The molecular weight excluding hydrogens is 332 g/mol. The first kappa shape index (κ1) is 17.7. The molecule has 26 heavy (non-hydrogen) atoms. The third-order valence-corrected chi connectivity index (χ3v) is 4.31. The molecule has 3 rings (SSSR count). The second-order valence-electron chi connectivity index (χ2n) is 5.87. The summed E-state index contributed by atoms with van der Waals surface area (Å²) in [6.07, 6.45) is 2.01. The van der Waals surface area contributed by atoms with Crippen LogP contribution in [0.5, 0.6) is 17.2 Å². The molecule has 1 amide bonds. The van der Waals surface area contributed by atoms with Crippen LogP contribution in [0.25, 0.3) is 5.70 Å². The summed E-state index contributed by atoms with van der Waals surface area (Å²) in [5, 5.41) is 1.60. The zero-order valence-electron chi connectivity index (χ0n) is 15.3. The molecule has 6 heteroatoms. The lowest BCUT2D eigenvalue weighted by Crippen LogP contribution is -2.37. The van der Waals surface area contributed by atoms with Crippen LogP contribution in [-0.4, -0.2) is 32.2 Å². The molecule has 0 unspecified atom stereocenters. The zero-order valence-corrected chi connectivity index (χ0v) is 15.3. The van der Waals surface area contributed by atoms with Crippen LogP contribution < -0.4 is 19.6 Å². The van der Waals surface area contributed by atoms with Crippen molar-refractivity contribution in [2.75, 3.05) is 21.3 Å². The van der Waals surface area contributed by atoms with Crippen molar-refractivity contribution in [3.05, 3.63) is 59.7 Å². The van der Waals surface area contributed by atoms with Crippen LogP contribution in [0.4, 0.5) is 0 Å². The molecule has 136 valence electrons. The number of rotatable bonds is 5. The fourth-order valence-corrected chi connectivity index (χ4v) is 2.98. The van der Waals surface area contributed by atoms with Gasteiger partial charge in [0.1, 0.15) is 5.75 Å². The number of amides is 1. The topological polar surface area (TPSA) is 60.0 Å². The summed E-state index contributed by atoms with van der Waals surface area (Å²) in [4.78, 5) is 12.1. The summed E-state index contributed by atoms with van der Waals surface area (Å²) in [5.74, 6) is 1.96. The largest absolute Gasteiger partial charge is 0.497 e. The van der Waals surface area contributed by atoms with E-state index in [1.54, 1.807) is 26.3 Å². The lowest BCUT2D eigenvalue weighted by molar-refractivity contribution is -0.132. The van der Waals surface area contributed by atoms with Crippen LogP contribution in [0.15, 0.2) is 48.5 Å². The Labute approximate surface area is 152 Å². The van der Waals surface area contributed by atoms with E-state index >= 15 is 0 Å². The van der Waals surface area contributed by atoms with Gasteiger partial charge in [0.25, 0.3) is 0 Å². The molecule has 0 saturated carbocycles. The smallest absolute Gasteiger partial charge is 0.238 e. The van der Waals surface area contributed by atoms with Gasteiger partial charge in [0.15, 0.2) is 11.5 Å². The molecule has 0 aromatic heterocycles. The van der Waals surface area contributed by atoms with Crippen molar-refractivity contribution in [3.8, 4) is 17.2 Å².